The van der Waals surface area contributed by atoms with Crippen LogP contribution in [0.2, 0.25) is 0 Å². The second-order valence-corrected chi connectivity index (χ2v) is 4.18. The molecule has 0 aromatic heterocycles. The summed E-state index contributed by atoms with van der Waals surface area (Å²) in [5.41, 5.74) is 2.32. The van der Waals surface area contributed by atoms with E-state index >= 15 is 0 Å². The lowest BCUT2D eigenvalue weighted by atomic mass is 10.0. The zero-order chi connectivity index (χ0) is 11.5. The Labute approximate surface area is 93.4 Å². The monoisotopic (exact) mass is 219 g/mol. The quantitative estimate of drug-likeness (QED) is 0.332. The average Bonchev–Trinajstić information content (AvgIpc) is 2.50. The van der Waals surface area contributed by atoms with Crippen LogP contribution in [0.4, 0.5) is 5.69 Å². The van der Waals surface area contributed by atoms with Crippen LogP contribution in [0.25, 0.3) is 0 Å². The van der Waals surface area contributed by atoms with Crippen LogP contribution in [0.3, 0.4) is 0 Å². The van der Waals surface area contributed by atoms with Crippen molar-refractivity contribution in [1.82, 2.24) is 0 Å². The van der Waals surface area contributed by atoms with E-state index in [4.69, 9.17) is 0 Å². The number of nitro benzene ring substituents is 1. The SMILES string of the molecule is O=CC1CCc2ccc([N+](=O)[O-])cc2CC1. The fourth-order valence-corrected chi connectivity index (χ4v) is 2.16. The molecule has 0 N–H and O–H groups in total. The van der Waals surface area contributed by atoms with Crippen LogP contribution in [0.15, 0.2) is 18.2 Å². The minimum Gasteiger partial charge on any atom is -0.303 e. The number of non-ortho nitro benzene ring substituents is 1. The smallest absolute Gasteiger partial charge is 0.269 e. The molecule has 16 heavy (non-hydrogen) atoms. The van der Waals surface area contributed by atoms with Crippen molar-refractivity contribution in [1.29, 1.82) is 0 Å². The van der Waals surface area contributed by atoms with Gasteiger partial charge in [0.25, 0.3) is 5.69 Å². The van der Waals surface area contributed by atoms with E-state index in [2.05, 4.69) is 0 Å². The first-order chi connectivity index (χ1) is 7.70. The molecule has 1 unspecified atom stereocenters. The van der Waals surface area contributed by atoms with Crippen LogP contribution in [0.1, 0.15) is 24.0 Å². The van der Waals surface area contributed by atoms with Gasteiger partial charge in [0.05, 0.1) is 4.92 Å². The molecule has 0 fully saturated rings. The number of carbonyl (C=O) groups excluding carboxylic acids is 1. The Hall–Kier alpha value is -1.71. The molecule has 1 atom stereocenters. The molecule has 1 aromatic rings. The third-order valence-corrected chi connectivity index (χ3v) is 3.16. The molecule has 0 aliphatic heterocycles. The van der Waals surface area contributed by atoms with Crippen LogP contribution in [-0.4, -0.2) is 11.2 Å². The number of carbonyl (C=O) groups is 1. The lowest BCUT2D eigenvalue weighted by molar-refractivity contribution is -0.384. The van der Waals surface area contributed by atoms with Gasteiger partial charge in [-0.1, -0.05) is 6.07 Å². The first-order valence-electron chi connectivity index (χ1n) is 5.42. The Morgan fingerprint density at radius 2 is 1.94 bits per heavy atom. The van der Waals surface area contributed by atoms with Crippen molar-refractivity contribution in [2.24, 2.45) is 5.92 Å². The minimum absolute atomic E-state index is 0.103. The van der Waals surface area contributed by atoms with Gasteiger partial charge in [-0.2, -0.15) is 0 Å². The second kappa shape index (κ2) is 4.43. The van der Waals surface area contributed by atoms with Gasteiger partial charge in [0, 0.05) is 18.1 Å². The number of hydrogen-bond donors (Lipinski definition) is 0. The number of benzene rings is 1. The Bertz CT molecular complexity index is 428. The number of aldehydes is 1. The molecule has 1 aliphatic carbocycles. The Kier molecular flexibility index (Phi) is 2.99. The summed E-state index contributed by atoms with van der Waals surface area (Å²) in [5, 5.41) is 10.6. The van der Waals surface area contributed by atoms with Gasteiger partial charge in [0.1, 0.15) is 6.29 Å². The summed E-state index contributed by atoms with van der Waals surface area (Å²) < 4.78 is 0. The summed E-state index contributed by atoms with van der Waals surface area (Å²) in [5.74, 6) is 0.103. The predicted molar refractivity (Wildman–Crippen MR) is 59.3 cm³/mol. The van der Waals surface area contributed by atoms with Crippen molar-refractivity contribution < 1.29 is 9.72 Å². The number of aryl methyl sites for hydroxylation is 2. The first-order valence-corrected chi connectivity index (χ1v) is 5.42. The molecule has 0 bridgehead atoms. The molecule has 2 rings (SSSR count). The Morgan fingerprint density at radius 3 is 2.56 bits per heavy atom. The largest absolute Gasteiger partial charge is 0.303 e. The number of hydrogen-bond acceptors (Lipinski definition) is 3. The second-order valence-electron chi connectivity index (χ2n) is 4.18. The molecule has 1 aliphatic rings. The third kappa shape index (κ3) is 2.10. The number of nitro groups is 1. The molecule has 0 saturated carbocycles. The van der Waals surface area contributed by atoms with Crippen LogP contribution in [0.5, 0.6) is 0 Å². The molecule has 0 amide bonds. The lowest BCUT2D eigenvalue weighted by Gasteiger charge is -2.03. The maximum Gasteiger partial charge on any atom is 0.269 e. The summed E-state index contributed by atoms with van der Waals surface area (Å²) in [4.78, 5) is 21.0. The van der Waals surface area contributed by atoms with E-state index in [0.717, 1.165) is 43.1 Å². The lowest BCUT2D eigenvalue weighted by Crippen LogP contribution is -2.01. The van der Waals surface area contributed by atoms with Crippen LogP contribution in [-0.2, 0) is 17.6 Å². The Morgan fingerprint density at radius 1 is 1.25 bits per heavy atom. The van der Waals surface area contributed by atoms with Crippen molar-refractivity contribution in [3.63, 3.8) is 0 Å². The molecule has 1 aromatic carbocycles. The van der Waals surface area contributed by atoms with Crippen molar-refractivity contribution in [3.05, 3.63) is 39.4 Å². The number of rotatable bonds is 2. The molecular weight excluding hydrogens is 206 g/mol. The van der Waals surface area contributed by atoms with Crippen molar-refractivity contribution in [2.45, 2.75) is 25.7 Å². The van der Waals surface area contributed by atoms with Crippen LogP contribution in [0, 0.1) is 16.0 Å². The van der Waals surface area contributed by atoms with Crippen molar-refractivity contribution in [2.75, 3.05) is 0 Å². The summed E-state index contributed by atoms with van der Waals surface area (Å²) in [7, 11) is 0. The fourth-order valence-electron chi connectivity index (χ4n) is 2.16. The van der Waals surface area contributed by atoms with Crippen molar-refractivity contribution in [3.8, 4) is 0 Å². The van der Waals surface area contributed by atoms with Gasteiger partial charge < -0.3 is 4.79 Å². The molecule has 0 saturated heterocycles. The highest BCUT2D eigenvalue weighted by Gasteiger charge is 2.17. The normalized spacial score (nSPS) is 19.6. The summed E-state index contributed by atoms with van der Waals surface area (Å²) in [6, 6.07) is 5.00. The van der Waals surface area contributed by atoms with Crippen LogP contribution < -0.4 is 0 Å². The highest BCUT2D eigenvalue weighted by molar-refractivity contribution is 5.54. The fraction of sp³-hybridized carbons (Fsp3) is 0.417. The average molecular weight is 219 g/mol. The molecule has 0 spiro atoms. The van der Waals surface area contributed by atoms with Gasteiger partial charge in [-0.3, -0.25) is 10.1 Å². The predicted octanol–water partition coefficient (Wildman–Crippen LogP) is 2.29. The molecule has 4 heteroatoms. The maximum absolute atomic E-state index is 10.7. The molecular formula is C12H13NO3. The van der Waals surface area contributed by atoms with E-state index in [1.165, 1.54) is 0 Å². The van der Waals surface area contributed by atoms with Crippen molar-refractivity contribution >= 4 is 12.0 Å². The maximum atomic E-state index is 10.7. The highest BCUT2D eigenvalue weighted by atomic mass is 16.6. The molecule has 4 nitrogen and oxygen atoms in total. The number of nitrogens with zero attached hydrogens (tertiary/aromatic N) is 1. The molecule has 0 radical (unpaired) electrons. The van der Waals surface area contributed by atoms with Gasteiger partial charge in [-0.05, 0) is 36.8 Å². The van der Waals surface area contributed by atoms with Gasteiger partial charge >= 0.3 is 0 Å². The zero-order valence-corrected chi connectivity index (χ0v) is 8.89. The van der Waals surface area contributed by atoms with E-state index in [-0.39, 0.29) is 16.5 Å². The molecule has 0 heterocycles. The number of fused-ring (bicyclic) bond motifs is 1. The summed E-state index contributed by atoms with van der Waals surface area (Å²) in [6.07, 6.45) is 4.27. The first kappa shape index (κ1) is 10.8. The topological polar surface area (TPSA) is 60.2 Å². The summed E-state index contributed by atoms with van der Waals surface area (Å²) in [6.45, 7) is 0. The van der Waals surface area contributed by atoms with E-state index in [9.17, 15) is 14.9 Å². The summed E-state index contributed by atoms with van der Waals surface area (Å²) >= 11 is 0. The minimum atomic E-state index is -0.373. The van der Waals surface area contributed by atoms with Gasteiger partial charge in [0.2, 0.25) is 0 Å². The van der Waals surface area contributed by atoms with E-state index in [1.54, 1.807) is 12.1 Å². The van der Waals surface area contributed by atoms with Gasteiger partial charge in [0.15, 0.2) is 0 Å². The van der Waals surface area contributed by atoms with Gasteiger partial charge in [-0.25, -0.2) is 0 Å². The molecule has 84 valence electrons. The standard InChI is InChI=1S/C12H13NO3/c14-8-9-1-3-10-5-6-12(13(15)16)7-11(10)4-2-9/h5-9H,1-4H2. The van der Waals surface area contributed by atoms with E-state index in [1.807, 2.05) is 6.07 Å². The van der Waals surface area contributed by atoms with Gasteiger partial charge in [-0.15, -0.1) is 0 Å². The van der Waals surface area contributed by atoms with Crippen LogP contribution >= 0.6 is 0 Å². The third-order valence-electron chi connectivity index (χ3n) is 3.16. The van der Waals surface area contributed by atoms with E-state index < -0.39 is 0 Å². The van der Waals surface area contributed by atoms with E-state index in [0.29, 0.717) is 0 Å². The highest BCUT2D eigenvalue weighted by Crippen LogP contribution is 2.26. The Balaban J connectivity index is 2.28. The zero-order valence-electron chi connectivity index (χ0n) is 8.89.